The molecule has 1 saturated heterocycles. The number of carbonyl (C=O) groups excluding carboxylic acids is 2. The normalized spacial score (nSPS) is 16.9. The summed E-state index contributed by atoms with van der Waals surface area (Å²) in [6, 6.07) is 20.4. The van der Waals surface area contributed by atoms with Gasteiger partial charge in [0.25, 0.3) is 5.91 Å². The van der Waals surface area contributed by atoms with E-state index in [1.165, 1.54) is 0 Å². The molecule has 2 aliphatic rings. The lowest BCUT2D eigenvalue weighted by Gasteiger charge is -2.18. The molecule has 1 aliphatic heterocycles. The van der Waals surface area contributed by atoms with E-state index in [9.17, 15) is 14.7 Å². The van der Waals surface area contributed by atoms with Gasteiger partial charge in [0.05, 0.1) is 17.1 Å². The highest BCUT2D eigenvalue weighted by atomic mass is 16.3. The molecule has 1 unspecified atom stereocenters. The van der Waals surface area contributed by atoms with Crippen LogP contribution in [0.3, 0.4) is 0 Å². The highest BCUT2D eigenvalue weighted by Crippen LogP contribution is 2.41. The van der Waals surface area contributed by atoms with Gasteiger partial charge >= 0.3 is 0 Å². The third-order valence-electron chi connectivity index (χ3n) is 7.04. The first-order valence-corrected chi connectivity index (χ1v) is 12.6. The van der Waals surface area contributed by atoms with Crippen LogP contribution < -0.4 is 10.2 Å². The number of carbonyl (C=O) groups is 2. The van der Waals surface area contributed by atoms with Crippen LogP contribution in [0.1, 0.15) is 46.0 Å². The van der Waals surface area contributed by atoms with Crippen LogP contribution in [-0.2, 0) is 0 Å². The molecule has 2 amide bonds. The number of fused-ring (bicyclic) bond motifs is 1. The van der Waals surface area contributed by atoms with Crippen LogP contribution in [0.15, 0.2) is 71.8 Å². The fourth-order valence-electron chi connectivity index (χ4n) is 4.95. The number of nitrogens with one attached hydrogen (secondary N) is 1. The van der Waals surface area contributed by atoms with Crippen LogP contribution in [0.4, 0.5) is 11.4 Å². The minimum atomic E-state index is -0.625. The largest absolute Gasteiger partial charge is 0.391 e. The van der Waals surface area contributed by atoms with Gasteiger partial charge in [-0.2, -0.15) is 0 Å². The molecule has 10 heteroatoms. The number of β-amino-alcohol motifs (C(OH)–C–C–N with tert-alkyl or cyclic N) is 1. The van der Waals surface area contributed by atoms with E-state index in [0.717, 1.165) is 53.9 Å². The average molecular weight is 508 g/mol. The number of nitrogens with zero attached hydrogens (tertiary/aromatic N) is 6. The van der Waals surface area contributed by atoms with Crippen LogP contribution in [0.25, 0.3) is 32.9 Å². The summed E-state index contributed by atoms with van der Waals surface area (Å²) < 4.78 is 2.21. The summed E-state index contributed by atoms with van der Waals surface area (Å²) >= 11 is 0. The Labute approximate surface area is 218 Å². The Morgan fingerprint density at radius 2 is 1.74 bits per heavy atom. The van der Waals surface area contributed by atoms with Crippen LogP contribution in [0.5, 0.6) is 0 Å². The van der Waals surface area contributed by atoms with E-state index in [4.69, 9.17) is 10.5 Å². The molecule has 2 fully saturated rings. The monoisotopic (exact) mass is 507 g/mol. The van der Waals surface area contributed by atoms with Crippen LogP contribution >= 0.6 is 0 Å². The van der Waals surface area contributed by atoms with E-state index in [1.807, 2.05) is 30.3 Å². The highest BCUT2D eigenvalue weighted by Gasteiger charge is 2.29. The molecule has 0 radical (unpaired) electrons. The zero-order valence-corrected chi connectivity index (χ0v) is 20.5. The molecule has 1 aromatic heterocycles. The molecule has 0 spiro atoms. The average Bonchev–Trinajstić information content (AvgIpc) is 3.56. The molecule has 2 heterocycles. The van der Waals surface area contributed by atoms with Crippen LogP contribution in [0, 0.1) is 0 Å². The lowest BCUT2D eigenvalue weighted by molar-refractivity contribution is 0.0997. The number of hydrogen-bond donors (Lipinski definition) is 2. The number of aliphatic hydroxyl groups excluding tert-OH is 1. The molecule has 6 rings (SSSR count). The first kappa shape index (κ1) is 23.7. The molecule has 1 atom stereocenters. The fraction of sp³-hybridized carbons (Fsp3) is 0.250. The van der Waals surface area contributed by atoms with Gasteiger partial charge in [-0.25, -0.2) is 4.98 Å². The van der Waals surface area contributed by atoms with Gasteiger partial charge in [-0.05, 0) is 72.4 Å². The molecule has 190 valence electrons. The van der Waals surface area contributed by atoms with Crippen molar-refractivity contribution in [3.05, 3.63) is 88.3 Å². The smallest absolute Gasteiger partial charge is 0.255 e. The number of imidazole rings is 1. The van der Waals surface area contributed by atoms with Gasteiger partial charge < -0.3 is 19.9 Å². The van der Waals surface area contributed by atoms with Crippen LogP contribution in [0.2, 0.25) is 0 Å². The van der Waals surface area contributed by atoms with Crippen molar-refractivity contribution in [3.63, 3.8) is 0 Å². The minimum absolute atomic E-state index is 0.209. The van der Waals surface area contributed by atoms with Gasteiger partial charge in [-0.3, -0.25) is 9.59 Å². The molecular formula is C28H25N7O3. The number of aromatic nitrogens is 2. The summed E-state index contributed by atoms with van der Waals surface area (Å²) in [7, 11) is 0. The van der Waals surface area contributed by atoms with E-state index in [-0.39, 0.29) is 12.0 Å². The number of aliphatic hydroxyl groups is 1. The number of benzene rings is 3. The van der Waals surface area contributed by atoms with E-state index in [1.54, 1.807) is 36.4 Å². The summed E-state index contributed by atoms with van der Waals surface area (Å²) in [5, 5.41) is 15.9. The Morgan fingerprint density at radius 3 is 2.39 bits per heavy atom. The molecule has 4 aromatic rings. The van der Waals surface area contributed by atoms with E-state index in [0.29, 0.717) is 29.4 Å². The van der Waals surface area contributed by atoms with Gasteiger partial charge in [0.15, 0.2) is 0 Å². The van der Waals surface area contributed by atoms with Gasteiger partial charge in [0, 0.05) is 52.1 Å². The van der Waals surface area contributed by atoms with Crippen molar-refractivity contribution in [2.45, 2.75) is 31.4 Å². The fourth-order valence-corrected chi connectivity index (χ4v) is 4.95. The second kappa shape index (κ2) is 9.66. The zero-order chi connectivity index (χ0) is 26.2. The molecule has 38 heavy (non-hydrogen) atoms. The number of anilines is 2. The van der Waals surface area contributed by atoms with Gasteiger partial charge in [0.2, 0.25) is 5.91 Å². The Kier molecular flexibility index (Phi) is 6.03. The maximum atomic E-state index is 12.9. The molecule has 1 saturated carbocycles. The quantitative estimate of drug-likeness (QED) is 0.207. The number of amides is 2. The predicted molar refractivity (Wildman–Crippen MR) is 144 cm³/mol. The van der Waals surface area contributed by atoms with Gasteiger partial charge in [-0.15, -0.1) is 0 Å². The maximum Gasteiger partial charge on any atom is 0.255 e. The summed E-state index contributed by atoms with van der Waals surface area (Å²) in [5.41, 5.74) is 13.6. The first-order valence-electron chi connectivity index (χ1n) is 12.6. The summed E-state index contributed by atoms with van der Waals surface area (Å²) in [4.78, 5) is 34.3. The predicted octanol–water partition coefficient (Wildman–Crippen LogP) is 5.31. The van der Waals surface area contributed by atoms with Crippen molar-refractivity contribution in [1.82, 2.24) is 9.55 Å². The first-order chi connectivity index (χ1) is 18.5. The Hall–Kier alpha value is -4.66. The van der Waals surface area contributed by atoms with Gasteiger partial charge in [0.1, 0.15) is 5.82 Å². The Morgan fingerprint density at radius 1 is 1.00 bits per heavy atom. The van der Waals surface area contributed by atoms with Gasteiger partial charge in [-0.1, -0.05) is 24.3 Å². The second-order valence-electron chi connectivity index (χ2n) is 9.70. The molecule has 0 bridgehead atoms. The third-order valence-corrected chi connectivity index (χ3v) is 7.04. The Balaban J connectivity index is 1.24. The Bertz CT molecular complexity index is 1580. The van der Waals surface area contributed by atoms with Crippen molar-refractivity contribution in [2.75, 3.05) is 23.3 Å². The molecule has 1 aliphatic carbocycles. The lowest BCUT2D eigenvalue weighted by atomic mass is 10.1. The zero-order valence-electron chi connectivity index (χ0n) is 20.5. The standard InChI is InChI=1S/C28H25N7O3/c29-33-32-28(38)19-3-1-17(2-4-19)26-31-24-15-20(7-12-25(24)35(26)22-10-11-22)30-27(37)18-5-8-21(9-6-18)34-14-13-23(36)16-34/h1-9,12,15,22-23,36H,10-11,13-14,16H2,(H,30,37). The SMILES string of the molecule is [N-]=[N+]=NC(=O)c1ccc(-c2nc3cc(NC(=O)c4ccc(N5CCC(O)C5)cc4)ccc3n2C2CC2)cc1. The lowest BCUT2D eigenvalue weighted by Crippen LogP contribution is -2.21. The van der Waals surface area contributed by atoms with E-state index in [2.05, 4.69) is 24.8 Å². The third kappa shape index (κ3) is 4.58. The molecule has 10 nitrogen and oxygen atoms in total. The summed E-state index contributed by atoms with van der Waals surface area (Å²) in [5.74, 6) is -0.0458. The van der Waals surface area contributed by atoms with Crippen molar-refractivity contribution in [1.29, 1.82) is 0 Å². The minimum Gasteiger partial charge on any atom is -0.391 e. The maximum absolute atomic E-state index is 12.9. The molecule has 2 N–H and O–H groups in total. The number of azide groups is 1. The number of rotatable bonds is 6. The topological polar surface area (TPSA) is 136 Å². The second-order valence-corrected chi connectivity index (χ2v) is 9.70. The van der Waals surface area contributed by atoms with E-state index >= 15 is 0 Å². The van der Waals surface area contributed by atoms with Crippen molar-refractivity contribution < 1.29 is 14.7 Å². The highest BCUT2D eigenvalue weighted by molar-refractivity contribution is 6.05. The van der Waals surface area contributed by atoms with Crippen molar-refractivity contribution in [3.8, 4) is 11.4 Å². The van der Waals surface area contributed by atoms with Crippen LogP contribution in [-0.4, -0.2) is 45.7 Å². The summed E-state index contributed by atoms with van der Waals surface area (Å²) in [6.45, 7) is 1.42. The summed E-state index contributed by atoms with van der Waals surface area (Å²) in [6.07, 6.45) is 2.59. The number of hydrogen-bond acceptors (Lipinski definition) is 5. The van der Waals surface area contributed by atoms with Crippen molar-refractivity contribution >= 4 is 34.2 Å². The molecule has 3 aromatic carbocycles. The molecular weight excluding hydrogens is 482 g/mol. The van der Waals surface area contributed by atoms with E-state index < -0.39 is 5.91 Å². The van der Waals surface area contributed by atoms with Crippen molar-refractivity contribution in [2.24, 2.45) is 5.11 Å².